The summed E-state index contributed by atoms with van der Waals surface area (Å²) in [6.45, 7) is 4.76. The number of likely N-dealkylation sites (tertiary alicyclic amines) is 1. The van der Waals surface area contributed by atoms with E-state index in [0.717, 1.165) is 48.7 Å². The number of nitrogens with one attached hydrogen (secondary N) is 1. The molecule has 2 aromatic carbocycles. The van der Waals surface area contributed by atoms with Crippen LogP contribution < -0.4 is 14.8 Å². The predicted octanol–water partition coefficient (Wildman–Crippen LogP) is 4.05. The minimum Gasteiger partial charge on any atom is -0.454 e. The van der Waals surface area contributed by atoms with Gasteiger partial charge < -0.3 is 19.2 Å². The van der Waals surface area contributed by atoms with Gasteiger partial charge in [0.15, 0.2) is 11.5 Å². The van der Waals surface area contributed by atoms with Gasteiger partial charge in [-0.05, 0) is 62.7 Å². The van der Waals surface area contributed by atoms with Crippen LogP contribution in [0.15, 0.2) is 46.9 Å². The lowest BCUT2D eigenvalue weighted by Gasteiger charge is -2.30. The standard InChI is InChI=1S/C25H26FN3O4/c1-16-21(28-25(33-16)19-4-2-3-5-20(19)26)14-29-10-8-18(9-11-29)24(30)27-13-17-6-7-22-23(12-17)32-15-31-22/h2-7,12,18H,8-11,13-15H2,1H3,(H,27,30). The van der Waals surface area contributed by atoms with Gasteiger partial charge in [0.05, 0.1) is 11.3 Å². The van der Waals surface area contributed by atoms with Gasteiger partial charge >= 0.3 is 0 Å². The van der Waals surface area contributed by atoms with Crippen molar-refractivity contribution in [2.24, 2.45) is 5.92 Å². The molecule has 33 heavy (non-hydrogen) atoms. The fourth-order valence-corrected chi connectivity index (χ4v) is 4.27. The number of nitrogens with zero attached hydrogens (tertiary/aromatic N) is 2. The molecule has 1 N–H and O–H groups in total. The lowest BCUT2D eigenvalue weighted by Crippen LogP contribution is -2.40. The van der Waals surface area contributed by atoms with E-state index in [4.69, 9.17) is 13.9 Å². The molecule has 5 rings (SSSR count). The Morgan fingerprint density at radius 2 is 1.94 bits per heavy atom. The number of carbonyl (C=O) groups is 1. The lowest BCUT2D eigenvalue weighted by molar-refractivity contribution is -0.126. The van der Waals surface area contributed by atoms with Crippen molar-refractivity contribution in [1.82, 2.24) is 15.2 Å². The van der Waals surface area contributed by atoms with E-state index < -0.39 is 0 Å². The summed E-state index contributed by atoms with van der Waals surface area (Å²) in [4.78, 5) is 19.5. The summed E-state index contributed by atoms with van der Waals surface area (Å²) in [6.07, 6.45) is 1.56. The third kappa shape index (κ3) is 4.71. The number of fused-ring (bicyclic) bond motifs is 1. The summed E-state index contributed by atoms with van der Waals surface area (Å²) in [5, 5.41) is 3.04. The van der Waals surface area contributed by atoms with Gasteiger partial charge in [-0.1, -0.05) is 18.2 Å². The zero-order chi connectivity index (χ0) is 22.8. The van der Waals surface area contributed by atoms with Crippen LogP contribution in [-0.2, 0) is 17.9 Å². The van der Waals surface area contributed by atoms with Crippen molar-refractivity contribution >= 4 is 5.91 Å². The first-order chi connectivity index (χ1) is 16.1. The Hall–Kier alpha value is -3.39. The molecular formula is C25H26FN3O4. The summed E-state index contributed by atoms with van der Waals surface area (Å²) in [5.74, 6) is 2.17. The average molecular weight is 451 g/mol. The molecule has 0 saturated carbocycles. The van der Waals surface area contributed by atoms with E-state index in [-0.39, 0.29) is 24.4 Å². The van der Waals surface area contributed by atoms with E-state index in [2.05, 4.69) is 15.2 Å². The number of amides is 1. The first-order valence-electron chi connectivity index (χ1n) is 11.2. The van der Waals surface area contributed by atoms with Crippen LogP contribution in [0.3, 0.4) is 0 Å². The first-order valence-corrected chi connectivity index (χ1v) is 11.2. The van der Waals surface area contributed by atoms with Crippen molar-refractivity contribution in [2.45, 2.75) is 32.9 Å². The number of ether oxygens (including phenoxy) is 2. The molecule has 8 heteroatoms. The molecule has 1 saturated heterocycles. The summed E-state index contributed by atoms with van der Waals surface area (Å²) >= 11 is 0. The summed E-state index contributed by atoms with van der Waals surface area (Å²) in [6, 6.07) is 12.2. The lowest BCUT2D eigenvalue weighted by atomic mass is 9.95. The quantitative estimate of drug-likeness (QED) is 0.610. The van der Waals surface area contributed by atoms with Gasteiger partial charge in [-0.3, -0.25) is 9.69 Å². The number of aryl methyl sites for hydroxylation is 1. The number of halogens is 1. The Balaban J connectivity index is 1.12. The topological polar surface area (TPSA) is 76.8 Å². The third-order valence-electron chi connectivity index (χ3n) is 6.23. The van der Waals surface area contributed by atoms with Gasteiger partial charge in [0.2, 0.25) is 18.6 Å². The molecule has 0 atom stereocenters. The smallest absolute Gasteiger partial charge is 0.231 e. The zero-order valence-electron chi connectivity index (χ0n) is 18.5. The molecule has 1 amide bonds. The second kappa shape index (κ2) is 9.23. The highest BCUT2D eigenvalue weighted by molar-refractivity contribution is 5.78. The van der Waals surface area contributed by atoms with Crippen LogP contribution in [0.2, 0.25) is 0 Å². The number of aromatic nitrogens is 1. The van der Waals surface area contributed by atoms with Gasteiger partial charge in [0.1, 0.15) is 11.6 Å². The summed E-state index contributed by atoms with van der Waals surface area (Å²) in [7, 11) is 0. The van der Waals surface area contributed by atoms with Gasteiger partial charge in [-0.15, -0.1) is 0 Å². The van der Waals surface area contributed by atoms with Crippen molar-refractivity contribution in [2.75, 3.05) is 19.9 Å². The molecule has 2 aliphatic rings. The van der Waals surface area contributed by atoms with Gasteiger partial charge in [-0.2, -0.15) is 0 Å². The maximum atomic E-state index is 14.1. The predicted molar refractivity (Wildman–Crippen MR) is 119 cm³/mol. The first kappa shape index (κ1) is 21.5. The Labute approximate surface area is 191 Å². The van der Waals surface area contributed by atoms with E-state index in [1.54, 1.807) is 18.2 Å². The number of hydrogen-bond acceptors (Lipinski definition) is 6. The van der Waals surface area contributed by atoms with Crippen molar-refractivity contribution in [3.05, 3.63) is 65.3 Å². The van der Waals surface area contributed by atoms with Crippen molar-refractivity contribution in [3.8, 4) is 23.0 Å². The molecule has 0 spiro atoms. The fraction of sp³-hybridized carbons (Fsp3) is 0.360. The summed E-state index contributed by atoms with van der Waals surface area (Å²) < 4.78 is 30.5. The molecule has 1 fully saturated rings. The largest absolute Gasteiger partial charge is 0.454 e. The Morgan fingerprint density at radius 1 is 1.15 bits per heavy atom. The van der Waals surface area contributed by atoms with E-state index in [9.17, 15) is 9.18 Å². The normalized spacial score (nSPS) is 16.2. The second-order valence-corrected chi connectivity index (χ2v) is 8.46. The van der Waals surface area contributed by atoms with E-state index in [1.807, 2.05) is 25.1 Å². The van der Waals surface area contributed by atoms with E-state index in [0.29, 0.717) is 30.3 Å². The van der Waals surface area contributed by atoms with Crippen molar-refractivity contribution < 1.29 is 23.1 Å². The van der Waals surface area contributed by atoms with Crippen molar-refractivity contribution in [1.29, 1.82) is 0 Å². The molecule has 172 valence electrons. The molecule has 0 radical (unpaired) electrons. The highest BCUT2D eigenvalue weighted by Crippen LogP contribution is 2.32. The van der Waals surface area contributed by atoms with Crippen LogP contribution in [0.4, 0.5) is 4.39 Å². The maximum Gasteiger partial charge on any atom is 0.231 e. The second-order valence-electron chi connectivity index (χ2n) is 8.46. The SMILES string of the molecule is Cc1oc(-c2ccccc2F)nc1CN1CCC(C(=O)NCc2ccc3c(c2)OCO3)CC1. The van der Waals surface area contributed by atoms with Gasteiger partial charge in [0.25, 0.3) is 0 Å². The number of hydrogen-bond donors (Lipinski definition) is 1. The fourth-order valence-electron chi connectivity index (χ4n) is 4.27. The molecular weight excluding hydrogens is 425 g/mol. The molecule has 2 aliphatic heterocycles. The molecule has 3 aromatic rings. The average Bonchev–Trinajstić information content (AvgIpc) is 3.44. The van der Waals surface area contributed by atoms with Crippen LogP contribution >= 0.6 is 0 Å². The van der Waals surface area contributed by atoms with Crippen LogP contribution in [0.1, 0.15) is 29.9 Å². The van der Waals surface area contributed by atoms with Crippen LogP contribution in [0.5, 0.6) is 11.5 Å². The number of carbonyl (C=O) groups excluding carboxylic acids is 1. The maximum absolute atomic E-state index is 14.1. The van der Waals surface area contributed by atoms with Gasteiger partial charge in [-0.25, -0.2) is 9.37 Å². The minimum atomic E-state index is -0.349. The van der Waals surface area contributed by atoms with Crippen molar-refractivity contribution in [3.63, 3.8) is 0 Å². The number of benzene rings is 2. The zero-order valence-corrected chi connectivity index (χ0v) is 18.5. The van der Waals surface area contributed by atoms with Crippen LogP contribution in [0.25, 0.3) is 11.5 Å². The van der Waals surface area contributed by atoms with Crippen LogP contribution in [-0.4, -0.2) is 35.7 Å². The molecule has 0 aliphatic carbocycles. The Kier molecular flexibility index (Phi) is 6.00. The molecule has 3 heterocycles. The number of rotatable bonds is 6. The molecule has 7 nitrogen and oxygen atoms in total. The Bertz CT molecular complexity index is 1150. The van der Waals surface area contributed by atoms with Gasteiger partial charge in [0, 0.05) is 19.0 Å². The highest BCUT2D eigenvalue weighted by Gasteiger charge is 2.26. The third-order valence-corrected chi connectivity index (χ3v) is 6.23. The number of piperidine rings is 1. The summed E-state index contributed by atoms with van der Waals surface area (Å²) in [5.41, 5.74) is 2.15. The van der Waals surface area contributed by atoms with E-state index >= 15 is 0 Å². The van der Waals surface area contributed by atoms with E-state index in [1.165, 1.54) is 6.07 Å². The Morgan fingerprint density at radius 3 is 2.76 bits per heavy atom. The minimum absolute atomic E-state index is 0.0114. The molecule has 0 unspecified atom stereocenters. The number of oxazole rings is 1. The van der Waals surface area contributed by atoms with Crippen LogP contribution in [0, 0.1) is 18.7 Å². The monoisotopic (exact) mass is 451 g/mol. The molecule has 0 bridgehead atoms. The highest BCUT2D eigenvalue weighted by atomic mass is 19.1. The molecule has 1 aromatic heterocycles.